The highest BCUT2D eigenvalue weighted by atomic mass is 16.5. The first-order valence-electron chi connectivity index (χ1n) is 9.23. The van der Waals surface area contributed by atoms with Gasteiger partial charge < -0.3 is 25.6 Å². The minimum Gasteiger partial charge on any atom is -0.480 e. The number of carbonyl (C=O) groups excluding carboxylic acids is 2. The molecule has 0 spiro atoms. The summed E-state index contributed by atoms with van der Waals surface area (Å²) in [5.41, 5.74) is 4.45. The quantitative estimate of drug-likeness (QED) is 0.531. The second-order valence-electron chi connectivity index (χ2n) is 6.53. The Hall–Kier alpha value is -3.83. The molecule has 2 aromatic rings. The predicted octanol–water partition coefficient (Wildman–Crippen LogP) is 1.09. The molecule has 0 saturated heterocycles. The zero-order chi connectivity index (χ0) is 21.5. The number of carboxylic acid groups (broad SMARTS) is 1. The van der Waals surface area contributed by atoms with Crippen molar-refractivity contribution in [2.45, 2.75) is 12.0 Å². The maximum Gasteiger partial charge on any atom is 0.407 e. The first kappa shape index (κ1) is 20.9. The summed E-state index contributed by atoms with van der Waals surface area (Å²) in [4.78, 5) is 34.2. The number of aliphatic hydroxyl groups is 1. The van der Waals surface area contributed by atoms with Gasteiger partial charge in [0, 0.05) is 5.92 Å². The average molecular weight is 408 g/mol. The van der Waals surface area contributed by atoms with Gasteiger partial charge in [-0.1, -0.05) is 54.5 Å². The van der Waals surface area contributed by atoms with Crippen LogP contribution in [0.2, 0.25) is 0 Å². The molecular formula is C22H20N2O6. The molecule has 1 aliphatic rings. The van der Waals surface area contributed by atoms with Crippen LogP contribution in [0.5, 0.6) is 0 Å². The fourth-order valence-corrected chi connectivity index (χ4v) is 3.27. The van der Waals surface area contributed by atoms with Crippen LogP contribution >= 0.6 is 0 Å². The Labute approximate surface area is 172 Å². The van der Waals surface area contributed by atoms with Crippen LogP contribution in [0.15, 0.2) is 48.5 Å². The standard InChI is InChI=1S/C22H20N2O6/c25-12-19(21(27)28)24-20(26)10-5-11-23-22(29)30-13-18-16-8-3-1-6-14(16)15-7-2-4-9-17(15)18/h1-4,6-9,18-19,25H,11-13H2,(H,23,29)(H,24,26)(H,27,28). The van der Waals surface area contributed by atoms with Crippen molar-refractivity contribution in [1.82, 2.24) is 10.6 Å². The maximum absolute atomic E-state index is 12.0. The van der Waals surface area contributed by atoms with Crippen molar-refractivity contribution in [3.63, 3.8) is 0 Å². The molecule has 0 aromatic heterocycles. The summed E-state index contributed by atoms with van der Waals surface area (Å²) >= 11 is 0. The summed E-state index contributed by atoms with van der Waals surface area (Å²) in [6.07, 6.45) is -0.676. The molecule has 0 saturated carbocycles. The van der Waals surface area contributed by atoms with E-state index in [1.807, 2.05) is 53.8 Å². The number of amides is 2. The van der Waals surface area contributed by atoms with E-state index in [1.165, 1.54) is 0 Å². The Morgan fingerprint density at radius 1 is 1.03 bits per heavy atom. The van der Waals surface area contributed by atoms with E-state index in [-0.39, 0.29) is 19.1 Å². The van der Waals surface area contributed by atoms with E-state index >= 15 is 0 Å². The number of hydrogen-bond acceptors (Lipinski definition) is 5. The Morgan fingerprint density at radius 2 is 1.63 bits per heavy atom. The van der Waals surface area contributed by atoms with Crippen molar-refractivity contribution in [3.05, 3.63) is 59.7 Å². The number of fused-ring (bicyclic) bond motifs is 3. The third kappa shape index (κ3) is 4.77. The third-order valence-electron chi connectivity index (χ3n) is 4.65. The molecule has 3 rings (SSSR count). The van der Waals surface area contributed by atoms with E-state index in [0.29, 0.717) is 0 Å². The van der Waals surface area contributed by atoms with Gasteiger partial charge in [-0.3, -0.25) is 4.79 Å². The predicted molar refractivity (Wildman–Crippen MR) is 108 cm³/mol. The summed E-state index contributed by atoms with van der Waals surface area (Å²) in [7, 11) is 0. The summed E-state index contributed by atoms with van der Waals surface area (Å²) in [5.74, 6) is 2.23. The highest BCUT2D eigenvalue weighted by Gasteiger charge is 2.28. The molecule has 2 aromatic carbocycles. The molecular weight excluding hydrogens is 388 g/mol. The number of aliphatic carboxylic acids is 1. The van der Waals surface area contributed by atoms with Crippen LogP contribution in [0.25, 0.3) is 11.1 Å². The molecule has 154 valence electrons. The number of hydrogen-bond donors (Lipinski definition) is 4. The molecule has 0 heterocycles. The number of ether oxygens (including phenoxy) is 1. The highest BCUT2D eigenvalue weighted by Crippen LogP contribution is 2.44. The lowest BCUT2D eigenvalue weighted by Gasteiger charge is -2.14. The zero-order valence-corrected chi connectivity index (χ0v) is 15.9. The number of rotatable bonds is 6. The van der Waals surface area contributed by atoms with Crippen molar-refractivity contribution >= 4 is 18.0 Å². The Kier molecular flexibility index (Phi) is 6.67. The maximum atomic E-state index is 12.0. The molecule has 1 unspecified atom stereocenters. The fraction of sp³-hybridized carbons (Fsp3) is 0.227. The minimum absolute atomic E-state index is 0.0635. The summed E-state index contributed by atoms with van der Waals surface area (Å²) in [6, 6.07) is 14.5. The van der Waals surface area contributed by atoms with Crippen molar-refractivity contribution in [2.24, 2.45) is 0 Å². The fourth-order valence-electron chi connectivity index (χ4n) is 3.27. The molecule has 0 aliphatic heterocycles. The first-order valence-corrected chi connectivity index (χ1v) is 9.23. The van der Waals surface area contributed by atoms with Gasteiger partial charge >= 0.3 is 12.1 Å². The first-order chi connectivity index (χ1) is 14.5. The lowest BCUT2D eigenvalue weighted by Crippen LogP contribution is -2.42. The number of aliphatic hydroxyl groups excluding tert-OH is 1. The largest absolute Gasteiger partial charge is 0.480 e. The van der Waals surface area contributed by atoms with Crippen LogP contribution in [-0.4, -0.2) is 54.0 Å². The van der Waals surface area contributed by atoms with Crippen LogP contribution in [0.1, 0.15) is 17.0 Å². The normalized spacial score (nSPS) is 12.6. The Balaban J connectivity index is 1.50. The van der Waals surface area contributed by atoms with E-state index in [2.05, 4.69) is 17.2 Å². The molecule has 30 heavy (non-hydrogen) atoms. The second-order valence-corrected chi connectivity index (χ2v) is 6.53. The highest BCUT2D eigenvalue weighted by molar-refractivity contribution is 5.96. The molecule has 0 bridgehead atoms. The summed E-state index contributed by atoms with van der Waals surface area (Å²) in [5, 5.41) is 22.0. The van der Waals surface area contributed by atoms with Crippen LogP contribution in [0.4, 0.5) is 4.79 Å². The Bertz CT molecular complexity index is 978. The summed E-state index contributed by atoms with van der Waals surface area (Å²) < 4.78 is 5.33. The van der Waals surface area contributed by atoms with E-state index in [4.69, 9.17) is 14.9 Å². The minimum atomic E-state index is -1.43. The van der Waals surface area contributed by atoms with Crippen LogP contribution in [-0.2, 0) is 14.3 Å². The third-order valence-corrected chi connectivity index (χ3v) is 4.65. The number of alkyl carbamates (subject to hydrolysis) is 1. The zero-order valence-electron chi connectivity index (χ0n) is 15.9. The molecule has 0 radical (unpaired) electrons. The van der Waals surface area contributed by atoms with Crippen molar-refractivity contribution in [1.29, 1.82) is 0 Å². The number of carbonyl (C=O) groups is 3. The van der Waals surface area contributed by atoms with Crippen LogP contribution in [0, 0.1) is 11.8 Å². The van der Waals surface area contributed by atoms with Gasteiger partial charge in [0.2, 0.25) is 0 Å². The van der Waals surface area contributed by atoms with Gasteiger partial charge in [0.15, 0.2) is 6.04 Å². The smallest absolute Gasteiger partial charge is 0.407 e. The number of carboxylic acids is 1. The molecule has 0 fully saturated rings. The number of nitrogens with one attached hydrogen (secondary N) is 2. The van der Waals surface area contributed by atoms with E-state index < -0.39 is 30.6 Å². The molecule has 2 amide bonds. The van der Waals surface area contributed by atoms with Gasteiger partial charge in [-0.25, -0.2) is 9.59 Å². The number of benzene rings is 2. The van der Waals surface area contributed by atoms with Gasteiger partial charge in [0.25, 0.3) is 5.91 Å². The lowest BCUT2D eigenvalue weighted by atomic mass is 9.98. The van der Waals surface area contributed by atoms with Crippen molar-refractivity contribution in [3.8, 4) is 23.0 Å². The molecule has 8 heteroatoms. The molecule has 1 atom stereocenters. The van der Waals surface area contributed by atoms with Gasteiger partial charge in [0.1, 0.15) is 6.61 Å². The molecule has 8 nitrogen and oxygen atoms in total. The van der Waals surface area contributed by atoms with Gasteiger partial charge in [0.05, 0.1) is 13.2 Å². The SMILES string of the molecule is O=C(C#CCNC(=O)OCC1c2ccccc2-c2ccccc21)NC(CO)C(=O)O. The van der Waals surface area contributed by atoms with Gasteiger partial charge in [-0.2, -0.15) is 0 Å². The molecule has 4 N–H and O–H groups in total. The topological polar surface area (TPSA) is 125 Å². The van der Waals surface area contributed by atoms with Crippen molar-refractivity contribution < 1.29 is 29.3 Å². The summed E-state index contributed by atoms with van der Waals surface area (Å²) in [6.45, 7) is -0.744. The van der Waals surface area contributed by atoms with E-state index in [1.54, 1.807) is 0 Å². The van der Waals surface area contributed by atoms with E-state index in [9.17, 15) is 14.4 Å². The monoisotopic (exact) mass is 408 g/mol. The Morgan fingerprint density at radius 3 is 2.20 bits per heavy atom. The molecule has 1 aliphatic carbocycles. The average Bonchev–Trinajstić information content (AvgIpc) is 3.07. The van der Waals surface area contributed by atoms with Crippen LogP contribution in [0.3, 0.4) is 0 Å². The van der Waals surface area contributed by atoms with Gasteiger partial charge in [-0.05, 0) is 28.2 Å². The van der Waals surface area contributed by atoms with Crippen LogP contribution < -0.4 is 10.6 Å². The van der Waals surface area contributed by atoms with E-state index in [0.717, 1.165) is 22.3 Å². The van der Waals surface area contributed by atoms with Gasteiger partial charge in [-0.15, -0.1) is 0 Å². The van der Waals surface area contributed by atoms with Crippen molar-refractivity contribution in [2.75, 3.05) is 19.8 Å². The lowest BCUT2D eigenvalue weighted by molar-refractivity contribution is -0.142. The second kappa shape index (κ2) is 9.58.